The number of hydrogen-bond acceptors (Lipinski definition) is 6. The third-order valence-electron chi connectivity index (χ3n) is 5.11. The van der Waals surface area contributed by atoms with Gasteiger partial charge in [0, 0.05) is 29.9 Å². The third kappa shape index (κ3) is 5.73. The maximum absolute atomic E-state index is 12.9. The maximum atomic E-state index is 12.9. The molecule has 0 aliphatic heterocycles. The van der Waals surface area contributed by atoms with E-state index in [0.717, 1.165) is 10.2 Å². The number of hydrogen-bond donors (Lipinski definition) is 1. The zero-order chi connectivity index (χ0) is 25.0. The highest BCUT2D eigenvalue weighted by molar-refractivity contribution is 7.92. The first-order chi connectivity index (χ1) is 16.8. The Labute approximate surface area is 211 Å². The van der Waals surface area contributed by atoms with Gasteiger partial charge in [-0.2, -0.15) is 4.99 Å². The zero-order valence-corrected chi connectivity index (χ0v) is 21.3. The number of rotatable bonds is 8. The average molecular weight is 532 g/mol. The van der Waals surface area contributed by atoms with Crippen molar-refractivity contribution < 1.29 is 22.7 Å². The molecule has 0 spiro atoms. The number of carbonyl (C=O) groups excluding carboxylic acids is 1. The van der Waals surface area contributed by atoms with Crippen LogP contribution < -0.4 is 14.3 Å². The minimum Gasteiger partial charge on any atom is -0.497 e. The monoisotopic (exact) mass is 531 g/mol. The first-order valence-electron chi connectivity index (χ1n) is 10.4. The van der Waals surface area contributed by atoms with Crippen LogP contribution in [0.15, 0.2) is 76.6 Å². The van der Waals surface area contributed by atoms with Crippen LogP contribution in [0.1, 0.15) is 10.4 Å². The van der Waals surface area contributed by atoms with Crippen molar-refractivity contribution in [1.29, 1.82) is 0 Å². The summed E-state index contributed by atoms with van der Waals surface area (Å²) in [6.45, 7) is 0.988. The minimum atomic E-state index is -3.79. The van der Waals surface area contributed by atoms with Gasteiger partial charge in [0.15, 0.2) is 4.80 Å². The summed E-state index contributed by atoms with van der Waals surface area (Å²) < 4.78 is 41.0. The SMILES string of the molecule is COCCn1c(=NC(=O)c2ccc(NS(=O)(=O)c3ccc(Cl)cc3)cc2)sc2cc(OC)ccc21. The molecule has 4 aromatic rings. The van der Waals surface area contributed by atoms with E-state index in [-0.39, 0.29) is 4.90 Å². The smallest absolute Gasteiger partial charge is 0.279 e. The van der Waals surface area contributed by atoms with Crippen LogP contribution in [0.3, 0.4) is 0 Å². The van der Waals surface area contributed by atoms with Gasteiger partial charge in [0.25, 0.3) is 15.9 Å². The number of halogens is 1. The van der Waals surface area contributed by atoms with Gasteiger partial charge in [0.05, 0.1) is 28.8 Å². The van der Waals surface area contributed by atoms with Crippen LogP contribution in [-0.2, 0) is 21.3 Å². The maximum Gasteiger partial charge on any atom is 0.279 e. The van der Waals surface area contributed by atoms with Crippen molar-refractivity contribution in [2.45, 2.75) is 11.4 Å². The van der Waals surface area contributed by atoms with Crippen molar-refractivity contribution in [3.63, 3.8) is 0 Å². The fourth-order valence-electron chi connectivity index (χ4n) is 3.32. The second-order valence-electron chi connectivity index (χ2n) is 7.42. The van der Waals surface area contributed by atoms with Gasteiger partial charge < -0.3 is 14.0 Å². The summed E-state index contributed by atoms with van der Waals surface area (Å²) in [7, 11) is -0.575. The number of amides is 1. The number of benzene rings is 3. The van der Waals surface area contributed by atoms with E-state index in [9.17, 15) is 13.2 Å². The fraction of sp³-hybridized carbons (Fsp3) is 0.167. The molecule has 1 amide bonds. The van der Waals surface area contributed by atoms with Crippen LogP contribution in [0.5, 0.6) is 5.75 Å². The van der Waals surface area contributed by atoms with Crippen molar-refractivity contribution >= 4 is 54.8 Å². The number of nitrogens with zero attached hydrogens (tertiary/aromatic N) is 2. The molecule has 1 aromatic heterocycles. The minimum absolute atomic E-state index is 0.0825. The second-order valence-corrected chi connectivity index (χ2v) is 10.5. The van der Waals surface area contributed by atoms with Gasteiger partial charge >= 0.3 is 0 Å². The molecule has 0 saturated heterocycles. The number of nitrogens with one attached hydrogen (secondary N) is 1. The molecule has 0 aliphatic rings. The highest BCUT2D eigenvalue weighted by atomic mass is 35.5. The lowest BCUT2D eigenvalue weighted by molar-refractivity contribution is 0.0997. The lowest BCUT2D eigenvalue weighted by Gasteiger charge is -2.08. The fourth-order valence-corrected chi connectivity index (χ4v) is 5.59. The molecule has 8 nitrogen and oxygen atoms in total. The van der Waals surface area contributed by atoms with Crippen LogP contribution in [0.4, 0.5) is 5.69 Å². The zero-order valence-electron chi connectivity index (χ0n) is 18.9. The van der Waals surface area contributed by atoms with Gasteiger partial charge in [0.1, 0.15) is 5.75 Å². The largest absolute Gasteiger partial charge is 0.497 e. The molecule has 0 unspecified atom stereocenters. The normalized spacial score (nSPS) is 12.1. The highest BCUT2D eigenvalue weighted by Gasteiger charge is 2.15. The summed E-state index contributed by atoms with van der Waals surface area (Å²) in [6.07, 6.45) is 0. The average Bonchev–Trinajstić information content (AvgIpc) is 3.18. The topological polar surface area (TPSA) is 99.0 Å². The number of sulfonamides is 1. The van der Waals surface area contributed by atoms with Crippen molar-refractivity contribution in [2.75, 3.05) is 25.5 Å². The van der Waals surface area contributed by atoms with Gasteiger partial charge in [-0.25, -0.2) is 8.42 Å². The van der Waals surface area contributed by atoms with E-state index in [2.05, 4.69) is 9.71 Å². The predicted octanol–water partition coefficient (Wildman–Crippen LogP) is 4.55. The van der Waals surface area contributed by atoms with E-state index < -0.39 is 15.9 Å². The molecule has 11 heteroatoms. The highest BCUT2D eigenvalue weighted by Crippen LogP contribution is 2.23. The first kappa shape index (κ1) is 24.9. The van der Waals surface area contributed by atoms with Gasteiger partial charge in [-0.3, -0.25) is 9.52 Å². The number of methoxy groups -OCH3 is 2. The Morgan fingerprint density at radius 3 is 2.43 bits per heavy atom. The third-order valence-corrected chi connectivity index (χ3v) is 7.80. The van der Waals surface area contributed by atoms with Gasteiger partial charge in [-0.1, -0.05) is 22.9 Å². The summed E-state index contributed by atoms with van der Waals surface area (Å²) >= 11 is 7.20. The number of anilines is 1. The number of carbonyl (C=O) groups is 1. The number of ether oxygens (including phenoxy) is 2. The molecule has 1 heterocycles. The number of aromatic nitrogens is 1. The van der Waals surface area contributed by atoms with Gasteiger partial charge in [0.2, 0.25) is 0 Å². The molecule has 0 bridgehead atoms. The Kier molecular flexibility index (Phi) is 7.56. The number of thiazole rings is 1. The van der Waals surface area contributed by atoms with Crippen molar-refractivity contribution in [3.8, 4) is 5.75 Å². The molecule has 0 atom stereocenters. The van der Waals surface area contributed by atoms with Crippen LogP contribution in [0, 0.1) is 0 Å². The Hall–Kier alpha value is -3.18. The lowest BCUT2D eigenvalue weighted by Crippen LogP contribution is -2.19. The van der Waals surface area contributed by atoms with Crippen molar-refractivity contribution in [2.24, 2.45) is 4.99 Å². The number of fused-ring (bicyclic) bond motifs is 1. The predicted molar refractivity (Wildman–Crippen MR) is 137 cm³/mol. The summed E-state index contributed by atoms with van der Waals surface area (Å²) in [5.41, 5.74) is 1.57. The molecule has 0 saturated carbocycles. The molecule has 0 aliphatic carbocycles. The van der Waals surface area contributed by atoms with E-state index in [1.807, 2.05) is 22.8 Å². The summed E-state index contributed by atoms with van der Waals surface area (Å²) in [4.78, 5) is 17.9. The molecular formula is C24H22ClN3O5S2. The van der Waals surface area contributed by atoms with Crippen LogP contribution in [-0.4, -0.2) is 39.7 Å². The van der Waals surface area contributed by atoms with Crippen molar-refractivity contribution in [1.82, 2.24) is 4.57 Å². The molecule has 0 fully saturated rings. The molecule has 4 rings (SSSR count). The van der Waals surface area contributed by atoms with Gasteiger partial charge in [-0.05, 0) is 66.7 Å². The molecule has 35 heavy (non-hydrogen) atoms. The Balaban J connectivity index is 1.60. The van der Waals surface area contributed by atoms with Crippen LogP contribution in [0.25, 0.3) is 10.2 Å². The quantitative estimate of drug-likeness (QED) is 0.359. The van der Waals surface area contributed by atoms with E-state index >= 15 is 0 Å². The second kappa shape index (κ2) is 10.6. The van der Waals surface area contributed by atoms with E-state index in [4.69, 9.17) is 21.1 Å². The molecular weight excluding hydrogens is 510 g/mol. The summed E-state index contributed by atoms with van der Waals surface area (Å²) in [5.74, 6) is 0.272. The molecule has 182 valence electrons. The van der Waals surface area contributed by atoms with Crippen LogP contribution in [0.2, 0.25) is 5.02 Å². The van der Waals surface area contributed by atoms with E-state index in [0.29, 0.717) is 40.0 Å². The summed E-state index contributed by atoms with van der Waals surface area (Å²) in [5, 5.41) is 0.442. The van der Waals surface area contributed by atoms with Crippen LogP contribution >= 0.6 is 22.9 Å². The Morgan fingerprint density at radius 2 is 1.77 bits per heavy atom. The van der Waals surface area contributed by atoms with Crippen molar-refractivity contribution in [3.05, 3.63) is 82.1 Å². The van der Waals surface area contributed by atoms with E-state index in [1.165, 1.54) is 59.9 Å². The molecule has 3 aromatic carbocycles. The summed E-state index contributed by atoms with van der Waals surface area (Å²) in [6, 6.07) is 17.6. The standard InChI is InChI=1S/C24H22ClN3O5S2/c1-32-14-13-28-21-12-9-19(33-2)15-22(21)34-24(28)26-23(29)16-3-7-18(8-4-16)27-35(30,31)20-10-5-17(25)6-11-20/h3-12,15,27H,13-14H2,1-2H3. The Morgan fingerprint density at radius 1 is 1.06 bits per heavy atom. The molecule has 0 radical (unpaired) electrons. The van der Waals surface area contributed by atoms with E-state index in [1.54, 1.807) is 14.2 Å². The Bertz CT molecular complexity index is 1530. The molecule has 1 N–H and O–H groups in total. The lowest BCUT2D eigenvalue weighted by atomic mass is 10.2. The first-order valence-corrected chi connectivity index (χ1v) is 13.1. The van der Waals surface area contributed by atoms with Gasteiger partial charge in [-0.15, -0.1) is 0 Å².